The van der Waals surface area contributed by atoms with Gasteiger partial charge in [-0.3, -0.25) is 4.79 Å². The second-order valence-electron chi connectivity index (χ2n) is 7.96. The fourth-order valence-electron chi connectivity index (χ4n) is 4.22. The van der Waals surface area contributed by atoms with Crippen molar-refractivity contribution < 1.29 is 14.5 Å². The van der Waals surface area contributed by atoms with E-state index >= 15 is 0 Å². The highest BCUT2D eigenvalue weighted by atomic mass is 16.2. The summed E-state index contributed by atoms with van der Waals surface area (Å²) in [6, 6.07) is 19.8. The molecule has 2 aliphatic heterocycles. The summed E-state index contributed by atoms with van der Waals surface area (Å²) in [5.74, 6) is 0.0484. The maximum Gasteiger partial charge on any atom is 0.315 e. The molecule has 2 saturated heterocycles. The van der Waals surface area contributed by atoms with Crippen LogP contribution in [-0.4, -0.2) is 63.8 Å². The van der Waals surface area contributed by atoms with Gasteiger partial charge in [0.2, 0.25) is 5.91 Å². The largest absolute Gasteiger partial charge is 0.360 e. The van der Waals surface area contributed by atoms with Gasteiger partial charge in [-0.05, 0) is 24.3 Å². The van der Waals surface area contributed by atoms with Crippen molar-refractivity contribution in [1.29, 1.82) is 0 Å². The lowest BCUT2D eigenvalue weighted by Crippen LogP contribution is -3.15. The monoisotopic (exact) mass is 408 g/mol. The SMILES string of the molecule is O=C(NCC[NH+]1CCN(c2ccccc2)CC1)N[C@@H]1CC(=O)N(c2ccccc2)C1. The predicted molar refractivity (Wildman–Crippen MR) is 118 cm³/mol. The van der Waals surface area contributed by atoms with E-state index < -0.39 is 0 Å². The zero-order valence-electron chi connectivity index (χ0n) is 17.2. The first kappa shape index (κ1) is 20.2. The van der Waals surface area contributed by atoms with E-state index in [2.05, 4.69) is 39.8 Å². The van der Waals surface area contributed by atoms with Crippen LogP contribution in [0.3, 0.4) is 0 Å². The molecule has 0 radical (unpaired) electrons. The van der Waals surface area contributed by atoms with Gasteiger partial charge < -0.3 is 25.3 Å². The van der Waals surface area contributed by atoms with E-state index in [0.29, 0.717) is 19.5 Å². The fraction of sp³-hybridized carbons (Fsp3) is 0.391. The Morgan fingerprint density at radius 2 is 1.60 bits per heavy atom. The summed E-state index contributed by atoms with van der Waals surface area (Å²) in [6.45, 7) is 6.27. The Bertz CT molecular complexity index is 837. The summed E-state index contributed by atoms with van der Waals surface area (Å²) in [6.07, 6.45) is 0.342. The number of anilines is 2. The number of carbonyl (C=O) groups excluding carboxylic acids is 2. The molecule has 3 N–H and O–H groups in total. The van der Waals surface area contributed by atoms with Crippen LogP contribution in [0.2, 0.25) is 0 Å². The Balaban J connectivity index is 1.14. The fourth-order valence-corrected chi connectivity index (χ4v) is 4.22. The molecular formula is C23H30N5O2+. The van der Waals surface area contributed by atoms with Crippen molar-refractivity contribution in [2.75, 3.05) is 55.6 Å². The van der Waals surface area contributed by atoms with Crippen molar-refractivity contribution in [1.82, 2.24) is 10.6 Å². The summed E-state index contributed by atoms with van der Waals surface area (Å²) in [5.41, 5.74) is 2.16. The number of nitrogens with zero attached hydrogens (tertiary/aromatic N) is 2. The van der Waals surface area contributed by atoms with E-state index in [1.165, 1.54) is 10.6 Å². The van der Waals surface area contributed by atoms with E-state index in [0.717, 1.165) is 38.4 Å². The lowest BCUT2D eigenvalue weighted by molar-refractivity contribution is -0.899. The van der Waals surface area contributed by atoms with Crippen molar-refractivity contribution in [2.24, 2.45) is 0 Å². The number of carbonyl (C=O) groups is 2. The minimum Gasteiger partial charge on any atom is -0.360 e. The maximum atomic E-state index is 12.3. The number of hydrogen-bond donors (Lipinski definition) is 3. The molecule has 0 spiro atoms. The van der Waals surface area contributed by atoms with Crippen molar-refractivity contribution in [3.05, 3.63) is 60.7 Å². The lowest BCUT2D eigenvalue weighted by Gasteiger charge is -2.33. The summed E-state index contributed by atoms with van der Waals surface area (Å²) in [7, 11) is 0. The number of para-hydroxylation sites is 2. The molecule has 1 atom stereocenters. The molecule has 2 aliphatic rings. The standard InChI is InChI=1S/C23H29N5O2/c29-22-17-19(18-28(22)21-9-5-2-6-10-21)25-23(30)24-11-12-26-13-15-27(16-14-26)20-7-3-1-4-8-20/h1-10,19H,11-18H2,(H2,24,25,30)/p+1/t19-/m1/s1. The Labute approximate surface area is 177 Å². The normalized spacial score (nSPS) is 19.7. The number of rotatable bonds is 6. The second kappa shape index (κ2) is 9.63. The molecule has 0 unspecified atom stereocenters. The highest BCUT2D eigenvalue weighted by molar-refractivity contribution is 5.96. The third kappa shape index (κ3) is 5.10. The van der Waals surface area contributed by atoms with E-state index in [9.17, 15) is 9.59 Å². The van der Waals surface area contributed by atoms with Crippen LogP contribution in [0.25, 0.3) is 0 Å². The van der Waals surface area contributed by atoms with Gasteiger partial charge in [0.25, 0.3) is 0 Å². The minimum atomic E-state index is -0.190. The van der Waals surface area contributed by atoms with Gasteiger partial charge in [0.05, 0.1) is 45.3 Å². The van der Waals surface area contributed by atoms with Crippen molar-refractivity contribution in [3.63, 3.8) is 0 Å². The Morgan fingerprint density at radius 1 is 0.967 bits per heavy atom. The third-order valence-corrected chi connectivity index (χ3v) is 5.88. The van der Waals surface area contributed by atoms with Gasteiger partial charge in [-0.25, -0.2) is 4.79 Å². The van der Waals surface area contributed by atoms with Crippen LogP contribution in [-0.2, 0) is 4.79 Å². The molecule has 0 aliphatic carbocycles. The third-order valence-electron chi connectivity index (χ3n) is 5.88. The molecule has 3 amide bonds. The molecule has 2 aromatic carbocycles. The van der Waals surface area contributed by atoms with Crippen LogP contribution in [0.4, 0.5) is 16.2 Å². The zero-order valence-corrected chi connectivity index (χ0v) is 17.2. The lowest BCUT2D eigenvalue weighted by atomic mass is 10.2. The van der Waals surface area contributed by atoms with Crippen LogP contribution >= 0.6 is 0 Å². The van der Waals surface area contributed by atoms with Gasteiger partial charge in [0.15, 0.2) is 0 Å². The first-order chi connectivity index (χ1) is 14.7. The van der Waals surface area contributed by atoms with Gasteiger partial charge in [-0.15, -0.1) is 0 Å². The second-order valence-corrected chi connectivity index (χ2v) is 7.96. The predicted octanol–water partition coefficient (Wildman–Crippen LogP) is 0.496. The molecule has 4 rings (SSSR count). The van der Waals surface area contributed by atoms with Gasteiger partial charge >= 0.3 is 6.03 Å². The molecule has 158 valence electrons. The zero-order chi connectivity index (χ0) is 20.8. The maximum absolute atomic E-state index is 12.3. The molecule has 7 nitrogen and oxygen atoms in total. The van der Waals surface area contributed by atoms with Crippen LogP contribution in [0.15, 0.2) is 60.7 Å². The Morgan fingerprint density at radius 3 is 2.27 bits per heavy atom. The van der Waals surface area contributed by atoms with Crippen molar-refractivity contribution in [3.8, 4) is 0 Å². The van der Waals surface area contributed by atoms with E-state index in [-0.39, 0.29) is 18.0 Å². The quantitative estimate of drug-likeness (QED) is 0.652. The molecule has 0 saturated carbocycles. The molecular weight excluding hydrogens is 378 g/mol. The van der Waals surface area contributed by atoms with Crippen LogP contribution in [0.1, 0.15) is 6.42 Å². The van der Waals surface area contributed by atoms with Gasteiger partial charge in [-0.2, -0.15) is 0 Å². The van der Waals surface area contributed by atoms with Crippen molar-refractivity contribution in [2.45, 2.75) is 12.5 Å². The van der Waals surface area contributed by atoms with Crippen molar-refractivity contribution >= 4 is 23.3 Å². The highest BCUT2D eigenvalue weighted by Gasteiger charge is 2.31. The first-order valence-corrected chi connectivity index (χ1v) is 10.7. The smallest absolute Gasteiger partial charge is 0.315 e. The summed E-state index contributed by atoms with van der Waals surface area (Å²) < 4.78 is 0. The first-order valence-electron chi connectivity index (χ1n) is 10.7. The molecule has 2 aromatic rings. The number of hydrogen-bond acceptors (Lipinski definition) is 3. The summed E-state index contributed by atoms with van der Waals surface area (Å²) in [5, 5.41) is 5.90. The van der Waals surface area contributed by atoms with Crippen LogP contribution in [0, 0.1) is 0 Å². The van der Waals surface area contributed by atoms with Crippen LogP contribution in [0.5, 0.6) is 0 Å². The van der Waals surface area contributed by atoms with Crippen LogP contribution < -0.4 is 25.3 Å². The number of quaternary nitrogens is 1. The minimum absolute atomic E-state index is 0.0484. The Hall–Kier alpha value is -3.06. The van der Waals surface area contributed by atoms with E-state index in [1.807, 2.05) is 36.4 Å². The van der Waals surface area contributed by atoms with E-state index in [4.69, 9.17) is 0 Å². The molecule has 30 heavy (non-hydrogen) atoms. The molecule has 0 aromatic heterocycles. The average Bonchev–Trinajstić information content (AvgIpc) is 3.15. The van der Waals surface area contributed by atoms with Gasteiger partial charge in [-0.1, -0.05) is 36.4 Å². The molecule has 0 bridgehead atoms. The molecule has 7 heteroatoms. The number of nitrogens with one attached hydrogen (secondary N) is 3. The topological polar surface area (TPSA) is 69.1 Å². The summed E-state index contributed by atoms with van der Waals surface area (Å²) in [4.78, 5) is 30.2. The van der Waals surface area contributed by atoms with E-state index in [1.54, 1.807) is 4.90 Å². The number of urea groups is 1. The van der Waals surface area contributed by atoms with Gasteiger partial charge in [0.1, 0.15) is 0 Å². The average molecular weight is 409 g/mol. The Kier molecular flexibility index (Phi) is 6.49. The summed E-state index contributed by atoms with van der Waals surface area (Å²) >= 11 is 0. The number of amides is 3. The molecule has 2 heterocycles. The number of benzene rings is 2. The highest BCUT2D eigenvalue weighted by Crippen LogP contribution is 2.20. The number of piperazine rings is 1. The van der Waals surface area contributed by atoms with Gasteiger partial charge in [0, 0.05) is 24.3 Å². The molecule has 2 fully saturated rings.